The summed E-state index contributed by atoms with van der Waals surface area (Å²) in [5.41, 5.74) is 0.0746. The SMILES string of the molecule is CN(C)CCNC1(CO)CSCCC1(C)C. The molecule has 0 spiro atoms. The number of rotatable bonds is 5. The summed E-state index contributed by atoms with van der Waals surface area (Å²) in [4.78, 5) is 2.17. The van der Waals surface area contributed by atoms with Crippen LogP contribution in [0.25, 0.3) is 0 Å². The highest BCUT2D eigenvalue weighted by Crippen LogP contribution is 2.41. The molecule has 16 heavy (non-hydrogen) atoms. The van der Waals surface area contributed by atoms with Crippen molar-refractivity contribution in [2.24, 2.45) is 5.41 Å². The average molecular weight is 246 g/mol. The van der Waals surface area contributed by atoms with Gasteiger partial charge in [0.1, 0.15) is 0 Å². The summed E-state index contributed by atoms with van der Waals surface area (Å²) in [6, 6.07) is 0. The lowest BCUT2D eigenvalue weighted by atomic mass is 9.71. The molecule has 1 aliphatic heterocycles. The quantitative estimate of drug-likeness (QED) is 0.759. The van der Waals surface area contributed by atoms with Crippen molar-refractivity contribution in [2.75, 3.05) is 45.3 Å². The highest BCUT2D eigenvalue weighted by Gasteiger charge is 2.46. The lowest BCUT2D eigenvalue weighted by molar-refractivity contribution is 0.0592. The summed E-state index contributed by atoms with van der Waals surface area (Å²) in [6.07, 6.45) is 1.17. The van der Waals surface area contributed by atoms with Gasteiger partial charge in [0.2, 0.25) is 0 Å². The fourth-order valence-corrected chi connectivity index (χ4v) is 3.86. The van der Waals surface area contributed by atoms with E-state index < -0.39 is 0 Å². The molecule has 1 unspecified atom stereocenters. The molecule has 1 aliphatic rings. The van der Waals surface area contributed by atoms with Gasteiger partial charge < -0.3 is 15.3 Å². The minimum Gasteiger partial charge on any atom is -0.394 e. The van der Waals surface area contributed by atoms with E-state index in [-0.39, 0.29) is 17.6 Å². The summed E-state index contributed by atoms with van der Waals surface area (Å²) in [5.74, 6) is 2.23. The molecule has 2 N–H and O–H groups in total. The van der Waals surface area contributed by atoms with Crippen LogP contribution < -0.4 is 5.32 Å². The molecule has 0 amide bonds. The van der Waals surface area contributed by atoms with Gasteiger partial charge in [-0.2, -0.15) is 11.8 Å². The lowest BCUT2D eigenvalue weighted by Gasteiger charge is -2.49. The summed E-state index contributed by atoms with van der Waals surface area (Å²) in [5, 5.41) is 13.3. The molecule has 1 atom stereocenters. The molecular weight excluding hydrogens is 220 g/mol. The van der Waals surface area contributed by atoms with E-state index in [4.69, 9.17) is 0 Å². The zero-order valence-electron chi connectivity index (χ0n) is 11.0. The molecule has 1 heterocycles. The number of likely N-dealkylation sites (N-methyl/N-ethyl adjacent to an activating group) is 1. The van der Waals surface area contributed by atoms with Crippen LogP contribution in [0.5, 0.6) is 0 Å². The molecule has 1 rings (SSSR count). The lowest BCUT2D eigenvalue weighted by Crippen LogP contribution is -2.63. The first-order chi connectivity index (χ1) is 7.43. The van der Waals surface area contributed by atoms with Gasteiger partial charge in [-0.1, -0.05) is 13.8 Å². The molecule has 0 aromatic carbocycles. The molecule has 0 aliphatic carbocycles. The Morgan fingerprint density at radius 3 is 2.56 bits per heavy atom. The molecule has 96 valence electrons. The van der Waals surface area contributed by atoms with Crippen molar-refractivity contribution < 1.29 is 5.11 Å². The van der Waals surface area contributed by atoms with E-state index in [2.05, 4.69) is 38.2 Å². The number of nitrogens with zero attached hydrogens (tertiary/aromatic N) is 1. The molecule has 0 saturated carbocycles. The Bertz CT molecular complexity index is 221. The van der Waals surface area contributed by atoms with Crippen LogP contribution in [0.1, 0.15) is 20.3 Å². The zero-order valence-corrected chi connectivity index (χ0v) is 11.9. The second-order valence-electron chi connectivity index (χ2n) is 5.66. The molecule has 1 fully saturated rings. The Morgan fingerprint density at radius 2 is 2.06 bits per heavy atom. The topological polar surface area (TPSA) is 35.5 Å². The van der Waals surface area contributed by atoms with Gasteiger partial charge in [0.05, 0.1) is 12.1 Å². The molecule has 0 radical (unpaired) electrons. The van der Waals surface area contributed by atoms with Crippen molar-refractivity contribution in [1.82, 2.24) is 10.2 Å². The summed E-state index contributed by atoms with van der Waals surface area (Å²) in [7, 11) is 4.15. The highest BCUT2D eigenvalue weighted by molar-refractivity contribution is 7.99. The van der Waals surface area contributed by atoms with Gasteiger partial charge in [-0.05, 0) is 31.7 Å². The van der Waals surface area contributed by atoms with Crippen molar-refractivity contribution in [3.05, 3.63) is 0 Å². The van der Waals surface area contributed by atoms with Crippen LogP contribution >= 0.6 is 11.8 Å². The van der Waals surface area contributed by atoms with Crippen molar-refractivity contribution >= 4 is 11.8 Å². The number of thioether (sulfide) groups is 1. The van der Waals surface area contributed by atoms with E-state index in [1.54, 1.807) is 0 Å². The van der Waals surface area contributed by atoms with E-state index in [1.165, 1.54) is 12.2 Å². The van der Waals surface area contributed by atoms with Gasteiger partial charge >= 0.3 is 0 Å². The summed E-state index contributed by atoms with van der Waals surface area (Å²) >= 11 is 1.95. The number of hydrogen-bond acceptors (Lipinski definition) is 4. The highest BCUT2D eigenvalue weighted by atomic mass is 32.2. The van der Waals surface area contributed by atoms with Gasteiger partial charge in [0.25, 0.3) is 0 Å². The van der Waals surface area contributed by atoms with Crippen LogP contribution in [0.2, 0.25) is 0 Å². The molecule has 0 aromatic heterocycles. The third kappa shape index (κ3) is 3.13. The summed E-state index contributed by atoms with van der Waals surface area (Å²) < 4.78 is 0. The maximum absolute atomic E-state index is 9.75. The van der Waals surface area contributed by atoms with E-state index in [0.29, 0.717) is 0 Å². The number of aliphatic hydroxyl groups is 1. The van der Waals surface area contributed by atoms with Crippen LogP contribution in [-0.2, 0) is 0 Å². The van der Waals surface area contributed by atoms with E-state index in [1.807, 2.05) is 11.8 Å². The van der Waals surface area contributed by atoms with Crippen molar-refractivity contribution in [1.29, 1.82) is 0 Å². The zero-order chi connectivity index (χ0) is 12.2. The van der Waals surface area contributed by atoms with Gasteiger partial charge in [0, 0.05) is 18.8 Å². The predicted molar refractivity (Wildman–Crippen MR) is 72.1 cm³/mol. The second-order valence-corrected chi connectivity index (χ2v) is 6.76. The first-order valence-electron chi connectivity index (χ1n) is 6.02. The smallest absolute Gasteiger partial charge is 0.0626 e. The Balaban J connectivity index is 2.60. The van der Waals surface area contributed by atoms with Gasteiger partial charge in [-0.25, -0.2) is 0 Å². The number of hydrogen-bond donors (Lipinski definition) is 2. The van der Waals surface area contributed by atoms with Crippen LogP contribution in [0.4, 0.5) is 0 Å². The Kier molecular flexibility index (Phi) is 5.10. The van der Waals surface area contributed by atoms with Crippen LogP contribution in [-0.4, -0.2) is 60.8 Å². The largest absolute Gasteiger partial charge is 0.394 e. The molecular formula is C12H26N2OS. The second kappa shape index (κ2) is 5.71. The Hall–Kier alpha value is 0.230. The predicted octanol–water partition coefficient (Wildman–Crippen LogP) is 1.03. The first-order valence-corrected chi connectivity index (χ1v) is 7.17. The van der Waals surface area contributed by atoms with Gasteiger partial charge in [-0.15, -0.1) is 0 Å². The summed E-state index contributed by atoms with van der Waals surface area (Å²) in [6.45, 7) is 6.73. The molecule has 3 nitrogen and oxygen atoms in total. The molecule has 1 saturated heterocycles. The maximum atomic E-state index is 9.75. The monoisotopic (exact) mass is 246 g/mol. The molecule has 0 aromatic rings. The molecule has 4 heteroatoms. The fraction of sp³-hybridized carbons (Fsp3) is 1.00. The van der Waals surface area contributed by atoms with E-state index in [9.17, 15) is 5.11 Å². The van der Waals surface area contributed by atoms with Crippen LogP contribution in [0.3, 0.4) is 0 Å². The van der Waals surface area contributed by atoms with Gasteiger partial charge in [0.15, 0.2) is 0 Å². The minimum atomic E-state index is -0.105. The third-order valence-corrected chi connectivity index (χ3v) is 5.00. The van der Waals surface area contributed by atoms with E-state index in [0.717, 1.165) is 18.8 Å². The minimum absolute atomic E-state index is 0.105. The number of nitrogens with one attached hydrogen (secondary N) is 1. The van der Waals surface area contributed by atoms with Crippen LogP contribution in [0, 0.1) is 5.41 Å². The standard InChI is InChI=1S/C12H26N2OS/c1-11(2)5-8-16-10-12(11,9-15)13-6-7-14(3)4/h13,15H,5-10H2,1-4H3. The van der Waals surface area contributed by atoms with E-state index >= 15 is 0 Å². The third-order valence-electron chi connectivity index (χ3n) is 3.81. The molecule has 0 bridgehead atoms. The first kappa shape index (κ1) is 14.3. The average Bonchev–Trinajstić information content (AvgIpc) is 2.20. The maximum Gasteiger partial charge on any atom is 0.0626 e. The van der Waals surface area contributed by atoms with Gasteiger partial charge in [-0.3, -0.25) is 0 Å². The van der Waals surface area contributed by atoms with Crippen molar-refractivity contribution in [2.45, 2.75) is 25.8 Å². The number of aliphatic hydroxyl groups excluding tert-OH is 1. The van der Waals surface area contributed by atoms with Crippen molar-refractivity contribution in [3.8, 4) is 0 Å². The Morgan fingerprint density at radius 1 is 1.38 bits per heavy atom. The fourth-order valence-electron chi connectivity index (χ4n) is 2.13. The van der Waals surface area contributed by atoms with Crippen molar-refractivity contribution in [3.63, 3.8) is 0 Å². The normalized spacial score (nSPS) is 29.6. The van der Waals surface area contributed by atoms with Crippen LogP contribution in [0.15, 0.2) is 0 Å². The Labute approximate surface area is 104 Å².